The van der Waals surface area contributed by atoms with Crippen molar-refractivity contribution in [3.63, 3.8) is 0 Å². The molecule has 3 aromatic rings. The lowest BCUT2D eigenvalue weighted by molar-refractivity contribution is -0.218. The van der Waals surface area contributed by atoms with Crippen LogP contribution in [0.1, 0.15) is 54.0 Å². The number of piperidine rings is 1. The van der Waals surface area contributed by atoms with Crippen LogP contribution in [-0.4, -0.2) is 61.3 Å². The Morgan fingerprint density at radius 1 is 1.09 bits per heavy atom. The standard InChI is InChI=1S/C34H38N2O6S/c1-22-8-6-7-11-26(22)21-43(39,40)35-27-14-16-34(42-23(2)37)29-20-25-12-13-28(38)31-30(25)33(34,32(27)41-31)17-19-36(29)18-15-24-9-4-3-5-10-24/h3-13,27,29,32,35,38H,14-21H2,1-2H3/t27-,29-,32+,33+,34-/m1/s1. The molecule has 5 atom stereocenters. The Hall–Kier alpha value is -3.40. The molecule has 2 heterocycles. The van der Waals surface area contributed by atoms with Gasteiger partial charge < -0.3 is 14.6 Å². The molecule has 0 amide bonds. The van der Waals surface area contributed by atoms with E-state index in [1.807, 2.05) is 55.5 Å². The Balaban J connectivity index is 1.28. The number of carbonyl (C=O) groups is 1. The molecule has 2 aliphatic carbocycles. The zero-order chi connectivity index (χ0) is 30.0. The number of sulfonamides is 1. The van der Waals surface area contributed by atoms with Gasteiger partial charge in [0.25, 0.3) is 0 Å². The first-order valence-corrected chi connectivity index (χ1v) is 16.8. The Morgan fingerprint density at radius 3 is 2.63 bits per heavy atom. The summed E-state index contributed by atoms with van der Waals surface area (Å²) in [6.07, 6.45) is 2.45. The highest BCUT2D eigenvalue weighted by molar-refractivity contribution is 7.88. The van der Waals surface area contributed by atoms with Gasteiger partial charge >= 0.3 is 5.97 Å². The smallest absolute Gasteiger partial charge is 0.303 e. The highest BCUT2D eigenvalue weighted by Gasteiger charge is 2.75. The number of esters is 1. The Kier molecular flexibility index (Phi) is 6.83. The predicted molar refractivity (Wildman–Crippen MR) is 162 cm³/mol. The molecule has 0 radical (unpaired) electrons. The zero-order valence-electron chi connectivity index (χ0n) is 24.6. The molecule has 2 aliphatic heterocycles. The number of benzene rings is 3. The SMILES string of the molecule is CC(=O)O[C@@]12CC[C@@H](NS(=O)(=O)Cc3ccccc3C)[C@@H]3Oc4c(O)ccc5c4[C@@]31CCN(CCc1ccccc1)[C@@H]2C5. The largest absolute Gasteiger partial charge is 0.504 e. The first-order valence-electron chi connectivity index (χ1n) is 15.2. The topological polar surface area (TPSA) is 105 Å². The van der Waals surface area contributed by atoms with E-state index < -0.39 is 33.2 Å². The molecular weight excluding hydrogens is 564 g/mol. The molecule has 3 aromatic carbocycles. The minimum Gasteiger partial charge on any atom is -0.504 e. The van der Waals surface area contributed by atoms with Gasteiger partial charge in [0.15, 0.2) is 11.5 Å². The number of nitrogens with one attached hydrogen (secondary N) is 1. The van der Waals surface area contributed by atoms with Gasteiger partial charge in [-0.15, -0.1) is 0 Å². The molecule has 1 spiro atoms. The van der Waals surface area contributed by atoms with Crippen LogP contribution in [0.15, 0.2) is 66.7 Å². The Labute approximate surface area is 253 Å². The molecule has 226 valence electrons. The van der Waals surface area contributed by atoms with E-state index in [2.05, 4.69) is 21.8 Å². The summed E-state index contributed by atoms with van der Waals surface area (Å²) in [5.41, 5.74) is 3.17. The van der Waals surface area contributed by atoms with Gasteiger partial charge in [-0.2, -0.15) is 0 Å². The van der Waals surface area contributed by atoms with Gasteiger partial charge in [-0.05, 0) is 73.9 Å². The number of aromatic hydroxyl groups is 1. The zero-order valence-corrected chi connectivity index (χ0v) is 25.4. The van der Waals surface area contributed by atoms with Crippen LogP contribution in [0.5, 0.6) is 11.5 Å². The molecule has 1 saturated heterocycles. The van der Waals surface area contributed by atoms with Crippen molar-refractivity contribution in [1.82, 2.24) is 9.62 Å². The summed E-state index contributed by atoms with van der Waals surface area (Å²) in [5, 5.41) is 11.0. The molecule has 2 N–H and O–H groups in total. The van der Waals surface area contributed by atoms with Gasteiger partial charge in [0, 0.05) is 19.0 Å². The van der Waals surface area contributed by atoms with Gasteiger partial charge in [0.05, 0.1) is 23.3 Å². The van der Waals surface area contributed by atoms with E-state index in [0.29, 0.717) is 31.4 Å². The molecule has 2 bridgehead atoms. The summed E-state index contributed by atoms with van der Waals surface area (Å²) in [5.74, 6) is -0.0563. The number of carbonyl (C=O) groups excluding carboxylic acids is 1. The van der Waals surface area contributed by atoms with Crippen LogP contribution < -0.4 is 9.46 Å². The number of phenolic OH excluding ortho intramolecular Hbond substituents is 1. The molecule has 0 aromatic heterocycles. The fourth-order valence-corrected chi connectivity index (χ4v) is 10.1. The fourth-order valence-electron chi connectivity index (χ4n) is 8.62. The van der Waals surface area contributed by atoms with Crippen molar-refractivity contribution in [2.24, 2.45) is 0 Å². The maximum atomic E-state index is 13.6. The quantitative estimate of drug-likeness (QED) is 0.373. The summed E-state index contributed by atoms with van der Waals surface area (Å²) in [4.78, 5) is 15.3. The predicted octanol–water partition coefficient (Wildman–Crippen LogP) is 4.16. The van der Waals surface area contributed by atoms with Crippen molar-refractivity contribution in [3.05, 3.63) is 94.5 Å². The third kappa shape index (κ3) is 4.47. The maximum Gasteiger partial charge on any atom is 0.303 e. The van der Waals surface area contributed by atoms with E-state index in [4.69, 9.17) is 9.47 Å². The molecular formula is C34H38N2O6S. The number of phenols is 1. The average molecular weight is 603 g/mol. The normalized spacial score (nSPS) is 29.0. The summed E-state index contributed by atoms with van der Waals surface area (Å²) in [7, 11) is -3.74. The summed E-state index contributed by atoms with van der Waals surface area (Å²) in [6.45, 7) is 4.92. The van der Waals surface area contributed by atoms with Crippen LogP contribution >= 0.6 is 0 Å². The molecule has 1 saturated carbocycles. The van der Waals surface area contributed by atoms with Crippen LogP contribution in [0.3, 0.4) is 0 Å². The minimum atomic E-state index is -3.74. The van der Waals surface area contributed by atoms with Crippen molar-refractivity contribution in [2.75, 3.05) is 13.1 Å². The summed E-state index contributed by atoms with van der Waals surface area (Å²) in [6, 6.07) is 20.8. The van der Waals surface area contributed by atoms with Gasteiger partial charge in [0.1, 0.15) is 11.7 Å². The Morgan fingerprint density at radius 2 is 1.86 bits per heavy atom. The second-order valence-corrected chi connectivity index (χ2v) is 14.4. The number of rotatable bonds is 8. The first-order chi connectivity index (χ1) is 20.6. The number of hydrogen-bond acceptors (Lipinski definition) is 7. The average Bonchev–Trinajstić information content (AvgIpc) is 3.33. The second kappa shape index (κ2) is 10.4. The molecule has 43 heavy (non-hydrogen) atoms. The molecule has 7 rings (SSSR count). The molecule has 4 aliphatic rings. The van der Waals surface area contributed by atoms with Gasteiger partial charge in [-0.25, -0.2) is 13.1 Å². The van der Waals surface area contributed by atoms with Crippen LogP contribution in [0.4, 0.5) is 0 Å². The monoisotopic (exact) mass is 602 g/mol. The van der Waals surface area contributed by atoms with E-state index in [9.17, 15) is 18.3 Å². The lowest BCUT2D eigenvalue weighted by atomic mass is 9.48. The minimum absolute atomic E-state index is 0.0331. The highest BCUT2D eigenvalue weighted by Crippen LogP contribution is 2.66. The van der Waals surface area contributed by atoms with Crippen LogP contribution in [0, 0.1) is 6.92 Å². The second-order valence-electron chi connectivity index (χ2n) is 12.6. The van der Waals surface area contributed by atoms with Gasteiger partial charge in [0.2, 0.25) is 10.0 Å². The van der Waals surface area contributed by atoms with E-state index in [0.717, 1.165) is 41.8 Å². The third-order valence-electron chi connectivity index (χ3n) is 10.3. The van der Waals surface area contributed by atoms with Gasteiger partial charge in [-0.1, -0.05) is 60.7 Å². The van der Waals surface area contributed by atoms with Crippen molar-refractivity contribution in [1.29, 1.82) is 0 Å². The third-order valence-corrected chi connectivity index (χ3v) is 11.7. The fraction of sp³-hybridized carbons (Fsp3) is 0.441. The first kappa shape index (κ1) is 28.4. The van der Waals surface area contributed by atoms with Crippen LogP contribution in [0.25, 0.3) is 0 Å². The lowest BCUT2D eigenvalue weighted by Crippen LogP contribution is -2.79. The lowest BCUT2D eigenvalue weighted by Gasteiger charge is -2.65. The van der Waals surface area contributed by atoms with Gasteiger partial charge in [-0.3, -0.25) is 9.69 Å². The van der Waals surface area contributed by atoms with Crippen molar-refractivity contribution in [2.45, 2.75) is 80.9 Å². The van der Waals surface area contributed by atoms with E-state index in [-0.39, 0.29) is 23.5 Å². The Bertz CT molecular complexity index is 1680. The number of ether oxygens (including phenoxy) is 2. The van der Waals surface area contributed by atoms with Crippen molar-refractivity contribution in [3.8, 4) is 11.5 Å². The molecule has 0 unspecified atom stereocenters. The van der Waals surface area contributed by atoms with E-state index in [1.165, 1.54) is 12.5 Å². The summed E-state index contributed by atoms with van der Waals surface area (Å²) >= 11 is 0. The number of likely N-dealkylation sites (tertiary alicyclic amines) is 1. The van der Waals surface area contributed by atoms with E-state index >= 15 is 0 Å². The molecule has 8 nitrogen and oxygen atoms in total. The number of nitrogens with zero attached hydrogens (tertiary/aromatic N) is 1. The molecule has 9 heteroatoms. The van der Waals surface area contributed by atoms with Crippen molar-refractivity contribution >= 4 is 16.0 Å². The van der Waals surface area contributed by atoms with Crippen LogP contribution in [0.2, 0.25) is 0 Å². The van der Waals surface area contributed by atoms with E-state index in [1.54, 1.807) is 6.07 Å². The van der Waals surface area contributed by atoms with Crippen LogP contribution in [-0.2, 0) is 43.6 Å². The summed E-state index contributed by atoms with van der Waals surface area (Å²) < 4.78 is 43.3. The number of hydrogen-bond donors (Lipinski definition) is 2. The number of aryl methyl sites for hydroxylation is 1. The van der Waals surface area contributed by atoms with Crippen molar-refractivity contribution < 1.29 is 27.8 Å². The maximum absolute atomic E-state index is 13.6. The molecule has 2 fully saturated rings. The highest BCUT2D eigenvalue weighted by atomic mass is 32.2.